The van der Waals surface area contributed by atoms with E-state index in [0.29, 0.717) is 12.1 Å². The van der Waals surface area contributed by atoms with Crippen LogP contribution in [0.2, 0.25) is 0 Å². The Balaban J connectivity index is 1.46. The Morgan fingerprint density at radius 2 is 2.17 bits per heavy atom. The number of alkyl halides is 3. The van der Waals surface area contributed by atoms with Crippen molar-refractivity contribution in [2.75, 3.05) is 6.54 Å². The molecule has 1 aliphatic rings. The molecule has 9 nitrogen and oxygen atoms in total. The molecule has 3 rings (SSSR count). The summed E-state index contributed by atoms with van der Waals surface area (Å²) in [5.41, 5.74) is -0.441. The number of hydrogen-bond donors (Lipinski definition) is 1. The number of carbonyl (C=O) groups excluding carboxylic acids is 1. The van der Waals surface area contributed by atoms with E-state index in [4.69, 9.17) is 0 Å². The van der Waals surface area contributed by atoms with E-state index in [1.807, 2.05) is 0 Å². The summed E-state index contributed by atoms with van der Waals surface area (Å²) in [7, 11) is 0. The number of rotatable bonds is 9. The molecule has 1 saturated carbocycles. The van der Waals surface area contributed by atoms with Crippen LogP contribution >= 0.6 is 0 Å². The standard InChI is InChI=1S/C17H21F3N6O3/c1-11(9-24-10-13(8-22-24)26(28)29)16(27)21-5-2-6-25-14(12-3-4-12)7-15(23-25)17(18,19)20/h7-8,10-12H,2-6,9H2,1H3,(H,21,27). The molecule has 158 valence electrons. The van der Waals surface area contributed by atoms with Crippen LogP contribution in [0.5, 0.6) is 0 Å². The first kappa shape index (κ1) is 20.8. The van der Waals surface area contributed by atoms with Crippen LogP contribution in [0.15, 0.2) is 18.5 Å². The zero-order valence-corrected chi connectivity index (χ0v) is 15.7. The number of aryl methyl sites for hydroxylation is 1. The molecule has 0 bridgehead atoms. The Morgan fingerprint density at radius 1 is 1.45 bits per heavy atom. The lowest BCUT2D eigenvalue weighted by atomic mass is 10.1. The molecule has 0 aliphatic heterocycles. The number of amides is 1. The van der Waals surface area contributed by atoms with Crippen LogP contribution in [-0.4, -0.2) is 36.9 Å². The van der Waals surface area contributed by atoms with Gasteiger partial charge in [0, 0.05) is 24.7 Å². The maximum Gasteiger partial charge on any atom is 0.435 e. The van der Waals surface area contributed by atoms with Crippen molar-refractivity contribution in [3.05, 3.63) is 40.0 Å². The van der Waals surface area contributed by atoms with Gasteiger partial charge in [0.2, 0.25) is 5.91 Å². The Morgan fingerprint density at radius 3 is 2.76 bits per heavy atom. The number of aromatic nitrogens is 4. The van der Waals surface area contributed by atoms with Crippen LogP contribution in [0.4, 0.5) is 18.9 Å². The first-order valence-corrected chi connectivity index (χ1v) is 9.24. The molecule has 2 heterocycles. The Hall–Kier alpha value is -2.92. The molecule has 2 aromatic rings. The molecule has 12 heteroatoms. The molecule has 1 atom stereocenters. The molecular weight excluding hydrogens is 393 g/mol. The molecule has 29 heavy (non-hydrogen) atoms. The van der Waals surface area contributed by atoms with Crippen LogP contribution in [-0.2, 0) is 24.1 Å². The van der Waals surface area contributed by atoms with Gasteiger partial charge in [0.1, 0.15) is 12.4 Å². The molecule has 0 radical (unpaired) electrons. The van der Waals surface area contributed by atoms with Crippen LogP contribution in [0.25, 0.3) is 0 Å². The smallest absolute Gasteiger partial charge is 0.356 e. The van der Waals surface area contributed by atoms with E-state index in [1.165, 1.54) is 15.6 Å². The first-order chi connectivity index (χ1) is 13.6. The minimum Gasteiger partial charge on any atom is -0.356 e. The fraction of sp³-hybridized carbons (Fsp3) is 0.588. The molecule has 0 aromatic carbocycles. The average molecular weight is 414 g/mol. The maximum atomic E-state index is 12.9. The topological polar surface area (TPSA) is 108 Å². The van der Waals surface area contributed by atoms with Crippen molar-refractivity contribution >= 4 is 11.6 Å². The molecule has 1 amide bonds. The monoisotopic (exact) mass is 414 g/mol. The Kier molecular flexibility index (Phi) is 5.89. The minimum atomic E-state index is -4.47. The molecular formula is C17H21F3N6O3. The number of nitrogens with one attached hydrogen (secondary N) is 1. The highest BCUT2D eigenvalue weighted by Crippen LogP contribution is 2.42. The summed E-state index contributed by atoms with van der Waals surface area (Å²) in [5.74, 6) is -0.605. The SMILES string of the molecule is CC(Cn1cc([N+](=O)[O-])cn1)C(=O)NCCCn1nc(C(F)(F)F)cc1C1CC1. The van der Waals surface area contributed by atoms with Crippen molar-refractivity contribution in [3.63, 3.8) is 0 Å². The van der Waals surface area contributed by atoms with E-state index in [0.717, 1.165) is 25.1 Å². The minimum absolute atomic E-state index is 0.131. The van der Waals surface area contributed by atoms with Gasteiger partial charge in [-0.05, 0) is 25.3 Å². The normalized spacial score (nSPS) is 15.3. The quantitative estimate of drug-likeness (QED) is 0.386. The Labute approximate surface area is 164 Å². The fourth-order valence-electron chi connectivity index (χ4n) is 2.98. The molecule has 1 aliphatic carbocycles. The summed E-state index contributed by atoms with van der Waals surface area (Å²) >= 11 is 0. The molecule has 0 saturated heterocycles. The summed E-state index contributed by atoms with van der Waals surface area (Å²) in [6.45, 7) is 2.41. The van der Waals surface area contributed by atoms with Crippen molar-refractivity contribution in [2.45, 2.75) is 51.4 Å². The van der Waals surface area contributed by atoms with Crippen molar-refractivity contribution in [2.24, 2.45) is 5.92 Å². The van der Waals surface area contributed by atoms with Gasteiger partial charge in [-0.2, -0.15) is 23.4 Å². The number of halogens is 3. The van der Waals surface area contributed by atoms with Crippen LogP contribution < -0.4 is 5.32 Å². The lowest BCUT2D eigenvalue weighted by molar-refractivity contribution is -0.385. The van der Waals surface area contributed by atoms with E-state index in [1.54, 1.807) is 6.92 Å². The molecule has 1 fully saturated rings. The summed E-state index contributed by atoms with van der Waals surface area (Å²) in [6.07, 6.45) is 0.0523. The van der Waals surface area contributed by atoms with Crippen molar-refractivity contribution in [3.8, 4) is 0 Å². The third kappa shape index (κ3) is 5.33. The lowest BCUT2D eigenvalue weighted by Crippen LogP contribution is -2.32. The number of nitrogens with zero attached hydrogens (tertiary/aromatic N) is 5. The summed E-state index contributed by atoms with van der Waals surface area (Å²) in [5, 5.41) is 20.9. The summed E-state index contributed by atoms with van der Waals surface area (Å²) < 4.78 is 41.4. The fourth-order valence-corrected chi connectivity index (χ4v) is 2.98. The zero-order chi connectivity index (χ0) is 21.2. The van der Waals surface area contributed by atoms with Gasteiger partial charge in [-0.3, -0.25) is 24.3 Å². The Bertz CT molecular complexity index is 887. The largest absolute Gasteiger partial charge is 0.435 e. The second-order valence-corrected chi connectivity index (χ2v) is 7.17. The van der Waals surface area contributed by atoms with Crippen LogP contribution in [0, 0.1) is 16.0 Å². The van der Waals surface area contributed by atoms with E-state index in [2.05, 4.69) is 15.5 Å². The number of carbonyl (C=O) groups is 1. The van der Waals surface area contributed by atoms with E-state index >= 15 is 0 Å². The summed E-state index contributed by atoms with van der Waals surface area (Å²) in [6, 6.07) is 1.11. The third-order valence-electron chi connectivity index (χ3n) is 4.68. The van der Waals surface area contributed by atoms with Gasteiger partial charge in [0.05, 0.1) is 17.4 Å². The first-order valence-electron chi connectivity index (χ1n) is 9.24. The molecule has 2 aromatic heterocycles. The highest BCUT2D eigenvalue weighted by atomic mass is 19.4. The molecule has 1 unspecified atom stereocenters. The van der Waals surface area contributed by atoms with E-state index in [-0.39, 0.29) is 37.1 Å². The van der Waals surface area contributed by atoms with Gasteiger partial charge in [-0.1, -0.05) is 6.92 Å². The molecule has 1 N–H and O–H groups in total. The van der Waals surface area contributed by atoms with Gasteiger partial charge in [-0.15, -0.1) is 0 Å². The third-order valence-corrected chi connectivity index (χ3v) is 4.68. The molecule has 0 spiro atoms. The van der Waals surface area contributed by atoms with Gasteiger partial charge >= 0.3 is 11.9 Å². The highest BCUT2D eigenvalue weighted by Gasteiger charge is 2.37. The van der Waals surface area contributed by atoms with Crippen molar-refractivity contribution < 1.29 is 22.9 Å². The van der Waals surface area contributed by atoms with Gasteiger partial charge in [0.15, 0.2) is 5.69 Å². The average Bonchev–Trinajstić information content (AvgIpc) is 3.20. The van der Waals surface area contributed by atoms with E-state index in [9.17, 15) is 28.1 Å². The maximum absolute atomic E-state index is 12.9. The van der Waals surface area contributed by atoms with Crippen molar-refractivity contribution in [1.29, 1.82) is 0 Å². The van der Waals surface area contributed by atoms with Gasteiger partial charge < -0.3 is 5.32 Å². The predicted octanol–water partition coefficient (Wildman–Crippen LogP) is 2.73. The second kappa shape index (κ2) is 8.21. The van der Waals surface area contributed by atoms with Crippen LogP contribution in [0.3, 0.4) is 0 Å². The highest BCUT2D eigenvalue weighted by molar-refractivity contribution is 5.78. The predicted molar refractivity (Wildman–Crippen MR) is 94.9 cm³/mol. The van der Waals surface area contributed by atoms with Gasteiger partial charge in [0.25, 0.3) is 0 Å². The number of nitro groups is 1. The van der Waals surface area contributed by atoms with Crippen molar-refractivity contribution in [1.82, 2.24) is 24.9 Å². The lowest BCUT2D eigenvalue weighted by Gasteiger charge is -2.12. The number of hydrogen-bond acceptors (Lipinski definition) is 5. The second-order valence-electron chi connectivity index (χ2n) is 7.17. The van der Waals surface area contributed by atoms with Crippen LogP contribution in [0.1, 0.15) is 43.5 Å². The zero-order valence-electron chi connectivity index (χ0n) is 15.7. The van der Waals surface area contributed by atoms with Gasteiger partial charge in [-0.25, -0.2) is 0 Å². The summed E-state index contributed by atoms with van der Waals surface area (Å²) in [4.78, 5) is 22.3. The van der Waals surface area contributed by atoms with E-state index < -0.39 is 22.7 Å².